The lowest BCUT2D eigenvalue weighted by Crippen LogP contribution is -2.23. The van der Waals surface area contributed by atoms with Crippen molar-refractivity contribution in [2.75, 3.05) is 5.32 Å². The van der Waals surface area contributed by atoms with Crippen molar-refractivity contribution in [3.63, 3.8) is 0 Å². The van der Waals surface area contributed by atoms with E-state index in [1.165, 1.54) is 19.3 Å². The normalized spacial score (nSPS) is 24.4. The Morgan fingerprint density at radius 3 is 2.52 bits per heavy atom. The van der Waals surface area contributed by atoms with Crippen LogP contribution in [0.1, 0.15) is 33.1 Å². The maximum absolute atomic E-state index is 5.96. The summed E-state index contributed by atoms with van der Waals surface area (Å²) in [5.74, 6) is 3.13. The van der Waals surface area contributed by atoms with Crippen LogP contribution < -0.4 is 15.8 Å². The third-order valence-corrected chi connectivity index (χ3v) is 3.84. The average molecular weight is 401 g/mol. The number of hydrogen-bond acceptors (Lipinski definition) is 2. The summed E-state index contributed by atoms with van der Waals surface area (Å²) < 4.78 is 5.61. The fraction of sp³-hybridized carbons (Fsp3) is 0.562. The van der Waals surface area contributed by atoms with Gasteiger partial charge in [0.15, 0.2) is 5.96 Å². The fourth-order valence-electron chi connectivity index (χ4n) is 2.63. The molecule has 3 rings (SSSR count). The number of nitrogens with two attached hydrogens (primary N) is 1. The molecule has 2 fully saturated rings. The standard InChI is InChI=1S/C16H23N3O.HI/c1-10(2)20-13-7-5-12(6-8-13)18-16(17)19-15-9-14(15)11-3-4-11;/h5-8,10-11,14-15H,3-4,9H2,1-2H3,(H3,17,18,19);1H/t14-,15+;/m0./s1. The smallest absolute Gasteiger partial charge is 0.193 e. The fourth-order valence-corrected chi connectivity index (χ4v) is 2.63. The molecule has 2 atom stereocenters. The molecule has 0 bridgehead atoms. The summed E-state index contributed by atoms with van der Waals surface area (Å²) in [5.41, 5.74) is 6.91. The summed E-state index contributed by atoms with van der Waals surface area (Å²) >= 11 is 0. The van der Waals surface area contributed by atoms with E-state index in [1.807, 2.05) is 38.1 Å². The molecule has 2 saturated carbocycles. The Bertz CT molecular complexity index is 497. The Balaban J connectivity index is 0.00000161. The number of rotatable bonds is 5. The number of guanidine groups is 1. The van der Waals surface area contributed by atoms with Crippen LogP contribution in [0.15, 0.2) is 29.3 Å². The second kappa shape index (κ2) is 6.85. The number of hydrogen-bond donors (Lipinski definition) is 2. The molecule has 2 aliphatic rings. The lowest BCUT2D eigenvalue weighted by Gasteiger charge is -2.10. The molecule has 116 valence electrons. The first-order valence-electron chi connectivity index (χ1n) is 7.49. The van der Waals surface area contributed by atoms with Gasteiger partial charge in [0.2, 0.25) is 0 Å². The highest BCUT2D eigenvalue weighted by Crippen LogP contribution is 2.51. The molecule has 3 N–H and O–H groups in total. The second-order valence-corrected chi connectivity index (χ2v) is 6.13. The third kappa shape index (κ3) is 4.76. The number of nitrogens with one attached hydrogen (secondary N) is 1. The molecule has 0 spiro atoms. The SMILES string of the molecule is CC(C)Oc1ccc(NC(N)=N[C@@H]2C[C@H]2C2CC2)cc1.I. The number of nitrogens with zero attached hydrogens (tertiary/aromatic N) is 1. The van der Waals surface area contributed by atoms with Gasteiger partial charge in [-0.15, -0.1) is 24.0 Å². The molecule has 0 heterocycles. The molecule has 0 saturated heterocycles. The van der Waals surface area contributed by atoms with Crippen LogP contribution >= 0.6 is 24.0 Å². The van der Waals surface area contributed by atoms with Crippen LogP contribution in [-0.4, -0.2) is 18.1 Å². The van der Waals surface area contributed by atoms with Crippen molar-refractivity contribution >= 4 is 35.6 Å². The van der Waals surface area contributed by atoms with Crippen molar-refractivity contribution in [1.82, 2.24) is 0 Å². The molecule has 5 heteroatoms. The van der Waals surface area contributed by atoms with E-state index >= 15 is 0 Å². The first-order valence-corrected chi connectivity index (χ1v) is 7.49. The van der Waals surface area contributed by atoms with E-state index in [0.29, 0.717) is 12.0 Å². The van der Waals surface area contributed by atoms with Gasteiger partial charge in [-0.3, -0.25) is 0 Å². The predicted octanol–water partition coefficient (Wildman–Crippen LogP) is 3.62. The largest absolute Gasteiger partial charge is 0.491 e. The minimum atomic E-state index is 0. The van der Waals surface area contributed by atoms with Gasteiger partial charge in [0.25, 0.3) is 0 Å². The van der Waals surface area contributed by atoms with Crippen LogP contribution in [0.3, 0.4) is 0 Å². The molecule has 0 unspecified atom stereocenters. The highest BCUT2D eigenvalue weighted by atomic mass is 127. The van der Waals surface area contributed by atoms with Gasteiger partial charge in [-0.05, 0) is 69.2 Å². The number of benzene rings is 1. The van der Waals surface area contributed by atoms with E-state index in [1.54, 1.807) is 0 Å². The van der Waals surface area contributed by atoms with Crippen molar-refractivity contribution in [2.45, 2.75) is 45.3 Å². The van der Waals surface area contributed by atoms with Crippen LogP contribution in [0.25, 0.3) is 0 Å². The minimum absolute atomic E-state index is 0. The maximum Gasteiger partial charge on any atom is 0.193 e. The van der Waals surface area contributed by atoms with Gasteiger partial charge in [-0.2, -0.15) is 0 Å². The van der Waals surface area contributed by atoms with E-state index in [9.17, 15) is 0 Å². The van der Waals surface area contributed by atoms with Crippen molar-refractivity contribution in [3.05, 3.63) is 24.3 Å². The van der Waals surface area contributed by atoms with E-state index in [-0.39, 0.29) is 30.1 Å². The Morgan fingerprint density at radius 2 is 1.95 bits per heavy atom. The third-order valence-electron chi connectivity index (χ3n) is 3.84. The lowest BCUT2D eigenvalue weighted by atomic mass is 10.3. The number of ether oxygens (including phenoxy) is 1. The van der Waals surface area contributed by atoms with Gasteiger partial charge in [0.1, 0.15) is 5.75 Å². The molecule has 2 aliphatic carbocycles. The summed E-state index contributed by atoms with van der Waals surface area (Å²) in [4.78, 5) is 4.55. The summed E-state index contributed by atoms with van der Waals surface area (Å²) in [6, 6.07) is 8.27. The van der Waals surface area contributed by atoms with Crippen LogP contribution in [-0.2, 0) is 0 Å². The highest BCUT2D eigenvalue weighted by molar-refractivity contribution is 14.0. The predicted molar refractivity (Wildman–Crippen MR) is 97.5 cm³/mol. The van der Waals surface area contributed by atoms with E-state index in [0.717, 1.165) is 23.3 Å². The molecule has 1 aromatic rings. The number of aliphatic imine (C=N–C) groups is 1. The Hall–Kier alpha value is -0.980. The monoisotopic (exact) mass is 401 g/mol. The van der Waals surface area contributed by atoms with E-state index < -0.39 is 0 Å². The first kappa shape index (κ1) is 16.4. The average Bonchev–Trinajstić information content (AvgIpc) is 3.22. The summed E-state index contributed by atoms with van der Waals surface area (Å²) in [6.45, 7) is 4.03. The molecular formula is C16H24IN3O. The quantitative estimate of drug-likeness (QED) is 0.450. The number of anilines is 1. The minimum Gasteiger partial charge on any atom is -0.491 e. The molecule has 0 aromatic heterocycles. The van der Waals surface area contributed by atoms with Crippen LogP contribution in [0.2, 0.25) is 0 Å². The highest BCUT2D eigenvalue weighted by Gasteiger charge is 2.47. The number of halogens is 1. The molecule has 21 heavy (non-hydrogen) atoms. The zero-order chi connectivity index (χ0) is 14.1. The van der Waals surface area contributed by atoms with Gasteiger partial charge < -0.3 is 15.8 Å². The second-order valence-electron chi connectivity index (χ2n) is 6.13. The lowest BCUT2D eigenvalue weighted by molar-refractivity contribution is 0.242. The Morgan fingerprint density at radius 1 is 1.29 bits per heavy atom. The molecule has 1 aromatic carbocycles. The van der Waals surface area contributed by atoms with Crippen molar-refractivity contribution in [1.29, 1.82) is 0 Å². The van der Waals surface area contributed by atoms with Crippen LogP contribution in [0, 0.1) is 11.8 Å². The van der Waals surface area contributed by atoms with Gasteiger partial charge in [-0.25, -0.2) is 4.99 Å². The molecule has 0 amide bonds. The molecular weight excluding hydrogens is 377 g/mol. The van der Waals surface area contributed by atoms with E-state index in [4.69, 9.17) is 10.5 Å². The van der Waals surface area contributed by atoms with Gasteiger partial charge in [-0.1, -0.05) is 0 Å². The summed E-state index contributed by atoms with van der Waals surface area (Å²) in [7, 11) is 0. The zero-order valence-electron chi connectivity index (χ0n) is 12.6. The van der Waals surface area contributed by atoms with Gasteiger partial charge in [0, 0.05) is 5.69 Å². The Labute approximate surface area is 143 Å². The van der Waals surface area contributed by atoms with Crippen molar-refractivity contribution in [2.24, 2.45) is 22.6 Å². The summed E-state index contributed by atoms with van der Waals surface area (Å²) in [5, 5.41) is 3.15. The molecule has 0 aliphatic heterocycles. The zero-order valence-corrected chi connectivity index (χ0v) is 14.9. The first-order chi connectivity index (χ1) is 9.61. The van der Waals surface area contributed by atoms with Crippen molar-refractivity contribution in [3.8, 4) is 5.75 Å². The molecule has 4 nitrogen and oxygen atoms in total. The van der Waals surface area contributed by atoms with Gasteiger partial charge >= 0.3 is 0 Å². The molecule has 0 radical (unpaired) electrons. The Kier molecular flexibility index (Phi) is 5.35. The van der Waals surface area contributed by atoms with Crippen LogP contribution in [0.4, 0.5) is 5.69 Å². The van der Waals surface area contributed by atoms with Crippen LogP contribution in [0.5, 0.6) is 5.75 Å². The van der Waals surface area contributed by atoms with E-state index in [2.05, 4.69) is 10.3 Å². The summed E-state index contributed by atoms with van der Waals surface area (Å²) in [6.07, 6.45) is 4.19. The van der Waals surface area contributed by atoms with Crippen molar-refractivity contribution < 1.29 is 4.74 Å². The maximum atomic E-state index is 5.96. The topological polar surface area (TPSA) is 59.6 Å². The van der Waals surface area contributed by atoms with Gasteiger partial charge in [0.05, 0.1) is 12.1 Å².